The van der Waals surface area contributed by atoms with E-state index in [1.807, 2.05) is 0 Å². The highest BCUT2D eigenvalue weighted by Gasteiger charge is 2.23. The van der Waals surface area contributed by atoms with Gasteiger partial charge in [-0.1, -0.05) is 12.1 Å². The van der Waals surface area contributed by atoms with Gasteiger partial charge in [0, 0.05) is 12.5 Å². The fraction of sp³-hybridized carbons (Fsp3) is 0.500. The average Bonchev–Trinajstić information content (AvgIpc) is 2.32. The second-order valence-corrected chi connectivity index (χ2v) is 4.97. The molecule has 4 heteroatoms. The van der Waals surface area contributed by atoms with Gasteiger partial charge in [0.1, 0.15) is 5.82 Å². The normalized spacial score (nSPS) is 23.8. The van der Waals surface area contributed by atoms with Gasteiger partial charge in [0.2, 0.25) is 0 Å². The molecule has 2 rings (SSSR count). The van der Waals surface area contributed by atoms with Gasteiger partial charge < -0.3 is 10.4 Å². The summed E-state index contributed by atoms with van der Waals surface area (Å²) >= 11 is 0. The lowest BCUT2D eigenvalue weighted by atomic mass is 9.87. The number of piperidine rings is 1. The van der Waals surface area contributed by atoms with Crippen molar-refractivity contribution in [3.63, 3.8) is 0 Å². The number of carboxylic acids is 1. The Hall–Kier alpha value is -1.42. The summed E-state index contributed by atoms with van der Waals surface area (Å²) in [6.07, 6.45) is 2.88. The van der Waals surface area contributed by atoms with Crippen molar-refractivity contribution in [2.45, 2.75) is 31.7 Å². The van der Waals surface area contributed by atoms with Gasteiger partial charge in [-0.15, -0.1) is 0 Å². The summed E-state index contributed by atoms with van der Waals surface area (Å²) < 4.78 is 12.8. The molecule has 2 unspecified atom stereocenters. The SMILES string of the molecule is O=C(O)CC1CCNC(Cc2ccc(F)cc2)C1. The Bertz CT molecular complexity index is 405. The summed E-state index contributed by atoms with van der Waals surface area (Å²) in [5.74, 6) is -0.685. The van der Waals surface area contributed by atoms with Crippen molar-refractivity contribution in [3.8, 4) is 0 Å². The predicted molar refractivity (Wildman–Crippen MR) is 66.9 cm³/mol. The minimum atomic E-state index is -0.720. The molecule has 0 aliphatic carbocycles. The quantitative estimate of drug-likeness (QED) is 0.862. The summed E-state index contributed by atoms with van der Waals surface area (Å²) in [6, 6.07) is 6.81. The van der Waals surface area contributed by atoms with Crippen LogP contribution in [-0.4, -0.2) is 23.7 Å². The third-order valence-electron chi connectivity index (χ3n) is 3.46. The van der Waals surface area contributed by atoms with E-state index in [1.165, 1.54) is 12.1 Å². The fourth-order valence-corrected chi connectivity index (χ4v) is 2.59. The van der Waals surface area contributed by atoms with Gasteiger partial charge in [0.25, 0.3) is 0 Å². The molecule has 1 aliphatic heterocycles. The van der Waals surface area contributed by atoms with Crippen LogP contribution in [0.5, 0.6) is 0 Å². The number of hydrogen-bond acceptors (Lipinski definition) is 2. The van der Waals surface area contributed by atoms with Gasteiger partial charge in [-0.25, -0.2) is 4.39 Å². The van der Waals surface area contributed by atoms with E-state index in [0.29, 0.717) is 6.04 Å². The first-order valence-corrected chi connectivity index (χ1v) is 6.33. The summed E-state index contributed by atoms with van der Waals surface area (Å²) in [7, 11) is 0. The number of hydrogen-bond donors (Lipinski definition) is 2. The van der Waals surface area contributed by atoms with Gasteiger partial charge in [-0.05, 0) is 49.4 Å². The van der Waals surface area contributed by atoms with Gasteiger partial charge in [0.05, 0.1) is 0 Å². The fourth-order valence-electron chi connectivity index (χ4n) is 2.59. The van der Waals surface area contributed by atoms with Crippen LogP contribution in [-0.2, 0) is 11.2 Å². The number of halogens is 1. The minimum Gasteiger partial charge on any atom is -0.481 e. The molecule has 0 amide bonds. The molecular weight excluding hydrogens is 233 g/mol. The zero-order chi connectivity index (χ0) is 13.0. The molecule has 1 saturated heterocycles. The Labute approximate surface area is 106 Å². The Morgan fingerprint density at radius 3 is 2.78 bits per heavy atom. The van der Waals surface area contributed by atoms with Crippen molar-refractivity contribution < 1.29 is 14.3 Å². The third-order valence-corrected chi connectivity index (χ3v) is 3.46. The van der Waals surface area contributed by atoms with Crippen LogP contribution in [0, 0.1) is 11.7 Å². The zero-order valence-corrected chi connectivity index (χ0v) is 10.2. The predicted octanol–water partition coefficient (Wildman–Crippen LogP) is 2.21. The number of aliphatic carboxylic acids is 1. The van der Waals surface area contributed by atoms with Gasteiger partial charge in [-0.3, -0.25) is 4.79 Å². The van der Waals surface area contributed by atoms with Crippen molar-refractivity contribution in [2.75, 3.05) is 6.54 Å². The molecule has 1 aliphatic rings. The van der Waals surface area contributed by atoms with Gasteiger partial charge >= 0.3 is 5.97 Å². The largest absolute Gasteiger partial charge is 0.481 e. The lowest BCUT2D eigenvalue weighted by Gasteiger charge is -2.29. The number of rotatable bonds is 4. The van der Waals surface area contributed by atoms with Crippen molar-refractivity contribution in [3.05, 3.63) is 35.6 Å². The molecule has 0 radical (unpaired) electrons. The molecule has 18 heavy (non-hydrogen) atoms. The number of nitrogens with one attached hydrogen (secondary N) is 1. The molecule has 98 valence electrons. The molecule has 3 nitrogen and oxygen atoms in total. The molecule has 1 aromatic rings. The number of carbonyl (C=O) groups is 1. The van der Waals surface area contributed by atoms with E-state index in [-0.39, 0.29) is 18.2 Å². The summed E-state index contributed by atoms with van der Waals surface area (Å²) in [4.78, 5) is 10.7. The maximum atomic E-state index is 12.8. The zero-order valence-electron chi connectivity index (χ0n) is 10.2. The minimum absolute atomic E-state index is 0.223. The van der Waals surface area contributed by atoms with E-state index in [1.54, 1.807) is 12.1 Å². The highest BCUT2D eigenvalue weighted by molar-refractivity contribution is 5.67. The maximum absolute atomic E-state index is 12.8. The molecule has 1 aromatic carbocycles. The van der Waals surface area contributed by atoms with Crippen LogP contribution in [0.2, 0.25) is 0 Å². The molecule has 0 saturated carbocycles. The number of carboxylic acid groups (broad SMARTS) is 1. The van der Waals surface area contributed by atoms with E-state index in [2.05, 4.69) is 5.32 Å². The van der Waals surface area contributed by atoms with E-state index < -0.39 is 5.97 Å². The molecule has 0 spiro atoms. The standard InChI is InChI=1S/C14H18FNO2/c15-12-3-1-10(2-4-12)7-13-8-11(5-6-16-13)9-14(17)18/h1-4,11,13,16H,5-9H2,(H,17,18). The Morgan fingerprint density at radius 2 is 2.11 bits per heavy atom. The molecule has 1 fully saturated rings. The van der Waals surface area contributed by atoms with Crippen LogP contribution in [0.25, 0.3) is 0 Å². The lowest BCUT2D eigenvalue weighted by molar-refractivity contribution is -0.138. The first-order valence-electron chi connectivity index (χ1n) is 6.33. The van der Waals surface area contributed by atoms with E-state index in [9.17, 15) is 9.18 Å². The second-order valence-electron chi connectivity index (χ2n) is 4.97. The van der Waals surface area contributed by atoms with Gasteiger partial charge in [0.15, 0.2) is 0 Å². The Balaban J connectivity index is 1.89. The summed E-state index contributed by atoms with van der Waals surface area (Å²) in [6.45, 7) is 0.865. The Morgan fingerprint density at radius 1 is 1.39 bits per heavy atom. The van der Waals surface area contributed by atoms with Crippen molar-refractivity contribution >= 4 is 5.97 Å². The van der Waals surface area contributed by atoms with E-state index in [0.717, 1.165) is 31.4 Å². The average molecular weight is 251 g/mol. The highest BCUT2D eigenvalue weighted by atomic mass is 19.1. The molecule has 0 bridgehead atoms. The topological polar surface area (TPSA) is 49.3 Å². The van der Waals surface area contributed by atoms with E-state index in [4.69, 9.17) is 5.11 Å². The monoisotopic (exact) mass is 251 g/mol. The molecule has 2 N–H and O–H groups in total. The van der Waals surface area contributed by atoms with Gasteiger partial charge in [-0.2, -0.15) is 0 Å². The van der Waals surface area contributed by atoms with E-state index >= 15 is 0 Å². The molecular formula is C14H18FNO2. The van der Waals surface area contributed by atoms with Crippen molar-refractivity contribution in [1.29, 1.82) is 0 Å². The smallest absolute Gasteiger partial charge is 0.303 e. The molecule has 2 atom stereocenters. The molecule has 1 heterocycles. The lowest BCUT2D eigenvalue weighted by Crippen LogP contribution is -2.40. The Kier molecular flexibility index (Phi) is 4.31. The second kappa shape index (κ2) is 5.96. The van der Waals surface area contributed by atoms with Crippen LogP contribution in [0.4, 0.5) is 4.39 Å². The van der Waals surface area contributed by atoms with Crippen LogP contribution < -0.4 is 5.32 Å². The first kappa shape index (κ1) is 13.0. The molecule has 0 aromatic heterocycles. The van der Waals surface area contributed by atoms with Crippen molar-refractivity contribution in [2.24, 2.45) is 5.92 Å². The first-order chi connectivity index (χ1) is 8.63. The third kappa shape index (κ3) is 3.81. The summed E-state index contributed by atoms with van der Waals surface area (Å²) in [5.41, 5.74) is 1.09. The van der Waals surface area contributed by atoms with Crippen LogP contribution >= 0.6 is 0 Å². The number of benzene rings is 1. The van der Waals surface area contributed by atoms with Crippen LogP contribution in [0.15, 0.2) is 24.3 Å². The van der Waals surface area contributed by atoms with Crippen LogP contribution in [0.1, 0.15) is 24.8 Å². The van der Waals surface area contributed by atoms with Crippen molar-refractivity contribution in [1.82, 2.24) is 5.32 Å². The summed E-state index contributed by atoms with van der Waals surface area (Å²) in [5, 5.41) is 12.2. The highest BCUT2D eigenvalue weighted by Crippen LogP contribution is 2.22. The maximum Gasteiger partial charge on any atom is 0.303 e. The van der Waals surface area contributed by atoms with Crippen LogP contribution in [0.3, 0.4) is 0 Å².